The van der Waals surface area contributed by atoms with Crippen LogP contribution < -0.4 is 4.74 Å². The second kappa shape index (κ2) is 6.43. The van der Waals surface area contributed by atoms with Crippen LogP contribution in [0, 0.1) is 0 Å². The Balaban J connectivity index is 2.72. The molecule has 1 N–H and O–H groups in total. The van der Waals surface area contributed by atoms with Gasteiger partial charge in [-0.2, -0.15) is 0 Å². The summed E-state index contributed by atoms with van der Waals surface area (Å²) in [7, 11) is 0. The van der Waals surface area contributed by atoms with Crippen molar-refractivity contribution in [2.75, 3.05) is 19.8 Å². The molecule has 0 saturated heterocycles. The zero-order chi connectivity index (χ0) is 11.1. The molecule has 1 aromatic rings. The van der Waals surface area contributed by atoms with Crippen LogP contribution in [0.1, 0.15) is 25.5 Å². The molecule has 0 aliphatic rings. The normalized spacial score (nSPS) is 12.5. The summed E-state index contributed by atoms with van der Waals surface area (Å²) >= 11 is 0. The summed E-state index contributed by atoms with van der Waals surface area (Å²) in [6, 6.07) is 7.48. The first-order chi connectivity index (χ1) is 7.29. The first-order valence-corrected chi connectivity index (χ1v) is 5.27. The predicted molar refractivity (Wildman–Crippen MR) is 59.1 cm³/mol. The van der Waals surface area contributed by atoms with Crippen LogP contribution in [-0.4, -0.2) is 24.9 Å². The minimum atomic E-state index is -0.618. The van der Waals surface area contributed by atoms with Gasteiger partial charge in [0, 0.05) is 12.2 Å². The van der Waals surface area contributed by atoms with Gasteiger partial charge in [-0.05, 0) is 19.9 Å². The number of aliphatic hydroxyl groups excluding tert-OH is 1. The lowest BCUT2D eigenvalue weighted by Crippen LogP contribution is -2.09. The number of para-hydroxylation sites is 1. The quantitative estimate of drug-likeness (QED) is 0.782. The molecular formula is C12H18O3. The van der Waals surface area contributed by atoms with Crippen LogP contribution in [0.25, 0.3) is 0 Å². The SMILES string of the molecule is CCOCC(O)c1ccccc1OCC. The smallest absolute Gasteiger partial charge is 0.125 e. The number of hydrogen-bond donors (Lipinski definition) is 1. The molecule has 0 bridgehead atoms. The van der Waals surface area contributed by atoms with Gasteiger partial charge in [-0.15, -0.1) is 0 Å². The highest BCUT2D eigenvalue weighted by molar-refractivity contribution is 5.35. The van der Waals surface area contributed by atoms with E-state index in [-0.39, 0.29) is 0 Å². The highest BCUT2D eigenvalue weighted by Gasteiger charge is 2.12. The van der Waals surface area contributed by atoms with Crippen LogP contribution in [-0.2, 0) is 4.74 Å². The van der Waals surface area contributed by atoms with E-state index >= 15 is 0 Å². The molecule has 0 aliphatic heterocycles. The molecule has 1 unspecified atom stereocenters. The third-order valence-electron chi connectivity index (χ3n) is 2.06. The molecule has 1 atom stereocenters. The van der Waals surface area contributed by atoms with Crippen molar-refractivity contribution >= 4 is 0 Å². The minimum Gasteiger partial charge on any atom is -0.493 e. The van der Waals surface area contributed by atoms with E-state index in [2.05, 4.69) is 0 Å². The summed E-state index contributed by atoms with van der Waals surface area (Å²) in [6.07, 6.45) is -0.618. The van der Waals surface area contributed by atoms with Crippen molar-refractivity contribution in [3.05, 3.63) is 29.8 Å². The molecule has 1 rings (SSSR count). The van der Waals surface area contributed by atoms with E-state index in [1.807, 2.05) is 38.1 Å². The summed E-state index contributed by atoms with van der Waals surface area (Å²) in [5, 5.41) is 9.85. The molecular weight excluding hydrogens is 192 g/mol. The molecule has 0 fully saturated rings. The molecule has 1 aromatic carbocycles. The van der Waals surface area contributed by atoms with Crippen LogP contribution in [0.3, 0.4) is 0 Å². The van der Waals surface area contributed by atoms with Gasteiger partial charge in [-0.25, -0.2) is 0 Å². The molecule has 3 heteroatoms. The summed E-state index contributed by atoms with van der Waals surface area (Å²) in [6.45, 7) is 5.33. The van der Waals surface area contributed by atoms with Crippen LogP contribution in [0.2, 0.25) is 0 Å². The Bertz CT molecular complexity index is 286. The Labute approximate surface area is 90.6 Å². The zero-order valence-electron chi connectivity index (χ0n) is 9.27. The van der Waals surface area contributed by atoms with E-state index in [1.54, 1.807) is 0 Å². The average molecular weight is 210 g/mol. The standard InChI is InChI=1S/C12H18O3/c1-3-14-9-11(13)10-7-5-6-8-12(10)15-4-2/h5-8,11,13H,3-4,9H2,1-2H3. The number of hydrogen-bond acceptors (Lipinski definition) is 3. The van der Waals surface area contributed by atoms with Gasteiger partial charge in [0.2, 0.25) is 0 Å². The van der Waals surface area contributed by atoms with Crippen LogP contribution in [0.4, 0.5) is 0 Å². The Morgan fingerprint density at radius 2 is 1.93 bits per heavy atom. The number of benzene rings is 1. The molecule has 15 heavy (non-hydrogen) atoms. The molecule has 84 valence electrons. The number of ether oxygens (including phenoxy) is 2. The van der Waals surface area contributed by atoms with Gasteiger partial charge < -0.3 is 14.6 Å². The van der Waals surface area contributed by atoms with Gasteiger partial charge in [0.05, 0.1) is 13.2 Å². The monoisotopic (exact) mass is 210 g/mol. The van der Waals surface area contributed by atoms with Gasteiger partial charge in [-0.1, -0.05) is 18.2 Å². The Hall–Kier alpha value is -1.06. The zero-order valence-corrected chi connectivity index (χ0v) is 9.27. The van der Waals surface area contributed by atoms with Crippen LogP contribution in [0.5, 0.6) is 5.75 Å². The van der Waals surface area contributed by atoms with Gasteiger partial charge in [0.15, 0.2) is 0 Å². The van der Waals surface area contributed by atoms with Crippen molar-refractivity contribution in [3.8, 4) is 5.75 Å². The number of aliphatic hydroxyl groups is 1. The van der Waals surface area contributed by atoms with Crippen molar-refractivity contribution in [2.45, 2.75) is 20.0 Å². The Kier molecular flexibility index (Phi) is 5.15. The molecule has 0 aromatic heterocycles. The first kappa shape index (κ1) is 12.0. The maximum absolute atomic E-state index is 9.85. The van der Waals surface area contributed by atoms with E-state index in [9.17, 15) is 5.11 Å². The first-order valence-electron chi connectivity index (χ1n) is 5.27. The van der Waals surface area contributed by atoms with Crippen LogP contribution >= 0.6 is 0 Å². The maximum Gasteiger partial charge on any atom is 0.125 e. The maximum atomic E-state index is 9.85. The fraction of sp³-hybridized carbons (Fsp3) is 0.500. The molecule has 0 radical (unpaired) electrons. The lowest BCUT2D eigenvalue weighted by atomic mass is 10.1. The van der Waals surface area contributed by atoms with Gasteiger partial charge in [-0.3, -0.25) is 0 Å². The summed E-state index contributed by atoms with van der Waals surface area (Å²) in [5.74, 6) is 0.729. The van der Waals surface area contributed by atoms with Crippen molar-refractivity contribution in [1.82, 2.24) is 0 Å². The molecule has 0 saturated carbocycles. The van der Waals surface area contributed by atoms with Gasteiger partial charge in [0.1, 0.15) is 11.9 Å². The highest BCUT2D eigenvalue weighted by Crippen LogP contribution is 2.25. The second-order valence-electron chi connectivity index (χ2n) is 3.15. The summed E-state index contributed by atoms with van der Waals surface area (Å²) < 4.78 is 10.6. The molecule has 0 heterocycles. The summed E-state index contributed by atoms with van der Waals surface area (Å²) in [5.41, 5.74) is 0.785. The second-order valence-corrected chi connectivity index (χ2v) is 3.15. The van der Waals surface area contributed by atoms with E-state index in [4.69, 9.17) is 9.47 Å². The van der Waals surface area contributed by atoms with E-state index < -0.39 is 6.10 Å². The number of rotatable bonds is 6. The lowest BCUT2D eigenvalue weighted by molar-refractivity contribution is 0.0405. The predicted octanol–water partition coefficient (Wildman–Crippen LogP) is 2.16. The molecule has 0 amide bonds. The average Bonchev–Trinajstić information content (AvgIpc) is 2.27. The Morgan fingerprint density at radius 3 is 2.60 bits per heavy atom. The third kappa shape index (κ3) is 3.53. The van der Waals surface area contributed by atoms with E-state index in [0.29, 0.717) is 19.8 Å². The van der Waals surface area contributed by atoms with E-state index in [1.165, 1.54) is 0 Å². The fourth-order valence-electron chi connectivity index (χ4n) is 1.36. The fourth-order valence-corrected chi connectivity index (χ4v) is 1.36. The van der Waals surface area contributed by atoms with Crippen LogP contribution in [0.15, 0.2) is 24.3 Å². The third-order valence-corrected chi connectivity index (χ3v) is 2.06. The van der Waals surface area contributed by atoms with Crippen molar-refractivity contribution in [1.29, 1.82) is 0 Å². The topological polar surface area (TPSA) is 38.7 Å². The largest absolute Gasteiger partial charge is 0.493 e. The van der Waals surface area contributed by atoms with E-state index in [0.717, 1.165) is 11.3 Å². The Morgan fingerprint density at radius 1 is 1.20 bits per heavy atom. The lowest BCUT2D eigenvalue weighted by Gasteiger charge is -2.15. The highest BCUT2D eigenvalue weighted by atomic mass is 16.5. The molecule has 3 nitrogen and oxygen atoms in total. The van der Waals surface area contributed by atoms with Gasteiger partial charge in [0.25, 0.3) is 0 Å². The van der Waals surface area contributed by atoms with Crippen molar-refractivity contribution < 1.29 is 14.6 Å². The molecule has 0 spiro atoms. The van der Waals surface area contributed by atoms with Gasteiger partial charge >= 0.3 is 0 Å². The van der Waals surface area contributed by atoms with Crippen molar-refractivity contribution in [3.63, 3.8) is 0 Å². The summed E-state index contributed by atoms with van der Waals surface area (Å²) in [4.78, 5) is 0. The minimum absolute atomic E-state index is 0.306. The van der Waals surface area contributed by atoms with Crippen molar-refractivity contribution in [2.24, 2.45) is 0 Å². The molecule has 0 aliphatic carbocycles.